The maximum absolute atomic E-state index is 11.8. The number of carboxylic acids is 1. The van der Waals surface area contributed by atoms with E-state index in [0.29, 0.717) is 17.9 Å². The number of rotatable bonds is 4. The molecule has 0 fully saturated rings. The lowest BCUT2D eigenvalue weighted by Gasteiger charge is -2.07. The number of benzene rings is 1. The van der Waals surface area contributed by atoms with E-state index < -0.39 is 12.0 Å². The molecule has 2 rings (SSSR count). The number of carboxylic acid groups (broad SMARTS) is 1. The third-order valence-corrected chi connectivity index (χ3v) is 3.00. The molecule has 7 nitrogen and oxygen atoms in total. The van der Waals surface area contributed by atoms with Gasteiger partial charge in [0.2, 0.25) is 0 Å². The SMILES string of the molecule is CCn1cc(NC(=O)Nc2ccc(Cl)c(C(=O)O)c2)cn1. The van der Waals surface area contributed by atoms with Gasteiger partial charge in [0.1, 0.15) is 0 Å². The molecule has 0 bridgehead atoms. The zero-order valence-corrected chi connectivity index (χ0v) is 11.9. The van der Waals surface area contributed by atoms with Gasteiger partial charge < -0.3 is 15.7 Å². The number of aromatic carboxylic acids is 1. The molecule has 0 unspecified atom stereocenters. The Morgan fingerprint density at radius 3 is 2.67 bits per heavy atom. The van der Waals surface area contributed by atoms with Gasteiger partial charge in [0.25, 0.3) is 0 Å². The summed E-state index contributed by atoms with van der Waals surface area (Å²) in [6.07, 6.45) is 3.21. The summed E-state index contributed by atoms with van der Waals surface area (Å²) in [6.45, 7) is 2.63. The molecule has 1 heterocycles. The lowest BCUT2D eigenvalue weighted by Crippen LogP contribution is -2.19. The fourth-order valence-electron chi connectivity index (χ4n) is 1.66. The van der Waals surface area contributed by atoms with Gasteiger partial charge in [0.05, 0.1) is 22.5 Å². The van der Waals surface area contributed by atoms with Crippen molar-refractivity contribution in [3.05, 3.63) is 41.2 Å². The molecule has 1 aromatic heterocycles. The Labute approximate surface area is 125 Å². The van der Waals surface area contributed by atoms with Crippen LogP contribution in [0.2, 0.25) is 5.02 Å². The Kier molecular flexibility index (Phi) is 4.44. The monoisotopic (exact) mass is 308 g/mol. The number of anilines is 2. The third-order valence-electron chi connectivity index (χ3n) is 2.67. The van der Waals surface area contributed by atoms with E-state index in [1.807, 2.05) is 6.92 Å². The van der Waals surface area contributed by atoms with Gasteiger partial charge >= 0.3 is 12.0 Å². The van der Waals surface area contributed by atoms with Crippen LogP contribution in [0.5, 0.6) is 0 Å². The smallest absolute Gasteiger partial charge is 0.337 e. The van der Waals surface area contributed by atoms with Gasteiger partial charge in [-0.05, 0) is 25.1 Å². The number of hydrogen-bond acceptors (Lipinski definition) is 3. The summed E-state index contributed by atoms with van der Waals surface area (Å²) in [4.78, 5) is 22.8. The maximum Gasteiger partial charge on any atom is 0.337 e. The molecule has 110 valence electrons. The molecule has 2 aromatic rings. The predicted octanol–water partition coefficient (Wildman–Crippen LogP) is 2.90. The molecule has 8 heteroatoms. The summed E-state index contributed by atoms with van der Waals surface area (Å²) >= 11 is 5.76. The number of aromatic nitrogens is 2. The molecule has 0 spiro atoms. The topological polar surface area (TPSA) is 96.2 Å². The molecule has 0 saturated carbocycles. The molecule has 0 radical (unpaired) electrons. The van der Waals surface area contributed by atoms with Crippen molar-refractivity contribution >= 4 is 35.0 Å². The Morgan fingerprint density at radius 2 is 2.05 bits per heavy atom. The minimum atomic E-state index is -1.16. The van der Waals surface area contributed by atoms with Gasteiger partial charge in [-0.25, -0.2) is 9.59 Å². The first kappa shape index (κ1) is 14.9. The van der Waals surface area contributed by atoms with Crippen LogP contribution in [-0.4, -0.2) is 26.9 Å². The Hall–Kier alpha value is -2.54. The van der Waals surface area contributed by atoms with Crippen LogP contribution in [0, 0.1) is 0 Å². The second-order valence-corrected chi connectivity index (χ2v) is 4.57. The first-order valence-electron chi connectivity index (χ1n) is 6.13. The van der Waals surface area contributed by atoms with Crippen molar-refractivity contribution in [1.82, 2.24) is 9.78 Å². The second-order valence-electron chi connectivity index (χ2n) is 4.16. The van der Waals surface area contributed by atoms with E-state index in [2.05, 4.69) is 15.7 Å². The van der Waals surface area contributed by atoms with Crippen LogP contribution < -0.4 is 10.6 Å². The number of amides is 2. The highest BCUT2D eigenvalue weighted by Crippen LogP contribution is 2.20. The third kappa shape index (κ3) is 3.73. The van der Waals surface area contributed by atoms with Crippen molar-refractivity contribution in [3.63, 3.8) is 0 Å². The number of aryl methyl sites for hydroxylation is 1. The van der Waals surface area contributed by atoms with Crippen LogP contribution in [0.25, 0.3) is 0 Å². The second kappa shape index (κ2) is 6.27. The number of hydrogen-bond donors (Lipinski definition) is 3. The number of carbonyl (C=O) groups excluding carboxylic acids is 1. The molecular formula is C13H13ClN4O3. The zero-order valence-electron chi connectivity index (χ0n) is 11.1. The van der Waals surface area contributed by atoms with E-state index in [9.17, 15) is 9.59 Å². The first-order chi connectivity index (χ1) is 9.99. The summed E-state index contributed by atoms with van der Waals surface area (Å²) < 4.78 is 1.67. The van der Waals surface area contributed by atoms with Gasteiger partial charge in [-0.2, -0.15) is 5.10 Å². The predicted molar refractivity (Wildman–Crippen MR) is 79.0 cm³/mol. The molecule has 21 heavy (non-hydrogen) atoms. The largest absolute Gasteiger partial charge is 0.478 e. The van der Waals surface area contributed by atoms with Crippen molar-refractivity contribution in [3.8, 4) is 0 Å². The Balaban J connectivity index is 2.05. The van der Waals surface area contributed by atoms with E-state index >= 15 is 0 Å². The van der Waals surface area contributed by atoms with Gasteiger partial charge in [0.15, 0.2) is 0 Å². The van der Waals surface area contributed by atoms with E-state index in [1.54, 1.807) is 10.9 Å². The van der Waals surface area contributed by atoms with E-state index in [-0.39, 0.29) is 10.6 Å². The van der Waals surface area contributed by atoms with E-state index in [4.69, 9.17) is 16.7 Å². The first-order valence-corrected chi connectivity index (χ1v) is 6.50. The molecule has 0 aliphatic carbocycles. The standard InChI is InChI=1S/C13H13ClN4O3/c1-2-18-7-9(6-15-18)17-13(21)16-8-3-4-11(14)10(5-8)12(19)20/h3-7H,2H2,1H3,(H,19,20)(H2,16,17,21). The van der Waals surface area contributed by atoms with Crippen LogP contribution in [0.15, 0.2) is 30.6 Å². The highest BCUT2D eigenvalue weighted by atomic mass is 35.5. The van der Waals surface area contributed by atoms with Crippen LogP contribution in [0.3, 0.4) is 0 Å². The summed E-state index contributed by atoms with van der Waals surface area (Å²) in [5.74, 6) is -1.16. The maximum atomic E-state index is 11.8. The van der Waals surface area contributed by atoms with Crippen LogP contribution in [0.4, 0.5) is 16.2 Å². The van der Waals surface area contributed by atoms with Gasteiger partial charge in [-0.1, -0.05) is 11.6 Å². The van der Waals surface area contributed by atoms with Crippen LogP contribution in [0.1, 0.15) is 17.3 Å². The lowest BCUT2D eigenvalue weighted by molar-refractivity contribution is 0.0697. The van der Waals surface area contributed by atoms with Gasteiger partial charge in [-0.3, -0.25) is 4.68 Å². The van der Waals surface area contributed by atoms with Gasteiger partial charge in [0, 0.05) is 18.4 Å². The molecule has 2 amide bonds. The fraction of sp³-hybridized carbons (Fsp3) is 0.154. The van der Waals surface area contributed by atoms with Crippen molar-refractivity contribution in [2.45, 2.75) is 13.5 Å². The minimum Gasteiger partial charge on any atom is -0.478 e. The average molecular weight is 309 g/mol. The number of urea groups is 1. The number of nitrogens with zero attached hydrogens (tertiary/aromatic N) is 2. The normalized spacial score (nSPS) is 10.2. The molecular weight excluding hydrogens is 296 g/mol. The summed E-state index contributed by atoms with van der Waals surface area (Å²) in [5, 5.41) is 18.2. The molecule has 0 aliphatic heterocycles. The average Bonchev–Trinajstić information content (AvgIpc) is 2.88. The quantitative estimate of drug-likeness (QED) is 0.809. The summed E-state index contributed by atoms with van der Waals surface area (Å²) in [5.41, 5.74) is 0.798. The molecule has 0 atom stereocenters. The lowest BCUT2D eigenvalue weighted by atomic mass is 10.2. The highest BCUT2D eigenvalue weighted by molar-refractivity contribution is 6.33. The van der Waals surface area contributed by atoms with E-state index in [1.165, 1.54) is 24.4 Å². The zero-order chi connectivity index (χ0) is 15.4. The number of carbonyl (C=O) groups is 2. The summed E-state index contributed by atoms with van der Waals surface area (Å²) in [6, 6.07) is 3.73. The van der Waals surface area contributed by atoms with Crippen LogP contribution >= 0.6 is 11.6 Å². The Bertz CT molecular complexity index is 684. The summed E-state index contributed by atoms with van der Waals surface area (Å²) in [7, 11) is 0. The molecule has 1 aromatic carbocycles. The number of halogens is 1. The molecule has 0 saturated heterocycles. The van der Waals surface area contributed by atoms with Crippen molar-refractivity contribution in [2.75, 3.05) is 10.6 Å². The fourth-order valence-corrected chi connectivity index (χ4v) is 1.86. The highest BCUT2D eigenvalue weighted by Gasteiger charge is 2.11. The molecule has 3 N–H and O–H groups in total. The van der Waals surface area contributed by atoms with Crippen molar-refractivity contribution < 1.29 is 14.7 Å². The minimum absolute atomic E-state index is 0.0757. The van der Waals surface area contributed by atoms with Crippen molar-refractivity contribution in [1.29, 1.82) is 0 Å². The molecule has 0 aliphatic rings. The van der Waals surface area contributed by atoms with Crippen LogP contribution in [-0.2, 0) is 6.54 Å². The van der Waals surface area contributed by atoms with Gasteiger partial charge in [-0.15, -0.1) is 0 Å². The number of nitrogens with one attached hydrogen (secondary N) is 2. The Morgan fingerprint density at radius 1 is 1.33 bits per heavy atom. The van der Waals surface area contributed by atoms with E-state index in [0.717, 1.165) is 0 Å². The van der Waals surface area contributed by atoms with Crippen molar-refractivity contribution in [2.24, 2.45) is 0 Å².